The normalized spacial score (nSPS) is 11.6. The van der Waals surface area contributed by atoms with Crippen molar-refractivity contribution in [3.63, 3.8) is 0 Å². The van der Waals surface area contributed by atoms with Crippen LogP contribution in [0.2, 0.25) is 0 Å². The van der Waals surface area contributed by atoms with Crippen molar-refractivity contribution in [3.8, 4) is 11.8 Å². The molecule has 0 bridgehead atoms. The van der Waals surface area contributed by atoms with Crippen molar-refractivity contribution in [2.24, 2.45) is 0 Å². The van der Waals surface area contributed by atoms with Crippen LogP contribution in [0.1, 0.15) is 18.3 Å². The highest BCUT2D eigenvalue weighted by molar-refractivity contribution is 5.83. The molecule has 0 saturated heterocycles. The fraction of sp³-hybridized carbons (Fsp3) is 0.261. The van der Waals surface area contributed by atoms with Crippen molar-refractivity contribution in [2.75, 3.05) is 37.8 Å². The quantitative estimate of drug-likeness (QED) is 0.279. The predicted molar refractivity (Wildman–Crippen MR) is 129 cm³/mol. The lowest BCUT2D eigenvalue weighted by Gasteiger charge is -2.13. The summed E-state index contributed by atoms with van der Waals surface area (Å²) in [4.78, 5) is 13.5. The number of nitrogens with one attached hydrogen (secondary N) is 4. The minimum atomic E-state index is -0.701. The third-order valence-corrected chi connectivity index (χ3v) is 4.87. The van der Waals surface area contributed by atoms with Crippen molar-refractivity contribution >= 4 is 34.4 Å². The summed E-state index contributed by atoms with van der Waals surface area (Å²) in [6.07, 6.45) is 3.76. The Bertz CT molecular complexity index is 1330. The van der Waals surface area contributed by atoms with E-state index in [0.717, 1.165) is 18.3 Å². The van der Waals surface area contributed by atoms with Gasteiger partial charge in [0.05, 0.1) is 11.2 Å². The molecule has 0 saturated carbocycles. The number of aromatic amines is 2. The molecule has 0 amide bonds. The molecule has 3 aromatic heterocycles. The highest BCUT2D eigenvalue weighted by atomic mass is 19.1. The molecule has 0 unspecified atom stereocenters. The lowest BCUT2D eigenvalue weighted by Crippen LogP contribution is -2.21. The SMILES string of the molecule is C/C=C/c1cc(Nc2cc(NCCN(C)C)nc(Oc3cc(F)c4[nH]c(C)cc4c3F)n2)n[nH]1. The van der Waals surface area contributed by atoms with Crippen molar-refractivity contribution in [1.29, 1.82) is 0 Å². The molecule has 178 valence electrons. The number of hydrogen-bond donors (Lipinski definition) is 4. The van der Waals surface area contributed by atoms with Gasteiger partial charge in [0.1, 0.15) is 11.6 Å². The molecular weight excluding hydrogens is 442 g/mol. The van der Waals surface area contributed by atoms with Gasteiger partial charge in [0.25, 0.3) is 0 Å². The Kier molecular flexibility index (Phi) is 6.73. The van der Waals surface area contributed by atoms with Gasteiger partial charge in [-0.1, -0.05) is 6.08 Å². The summed E-state index contributed by atoms with van der Waals surface area (Å²) >= 11 is 0. The number of likely N-dealkylation sites (N-methyl/N-ethyl adjacent to an activating group) is 1. The molecule has 4 rings (SSSR count). The van der Waals surface area contributed by atoms with E-state index >= 15 is 4.39 Å². The number of H-pyrrole nitrogens is 2. The molecule has 34 heavy (non-hydrogen) atoms. The molecule has 0 spiro atoms. The van der Waals surface area contributed by atoms with Crippen LogP contribution < -0.4 is 15.4 Å². The van der Waals surface area contributed by atoms with Gasteiger partial charge in [-0.05, 0) is 40.1 Å². The summed E-state index contributed by atoms with van der Waals surface area (Å²) < 4.78 is 35.2. The first kappa shape index (κ1) is 23.2. The van der Waals surface area contributed by atoms with Crippen LogP contribution in [0.25, 0.3) is 17.0 Å². The summed E-state index contributed by atoms with van der Waals surface area (Å²) in [6, 6.07) is 5.84. The van der Waals surface area contributed by atoms with Gasteiger partial charge in [-0.15, -0.1) is 0 Å². The molecule has 3 heterocycles. The topological polar surface area (TPSA) is 107 Å². The zero-order valence-corrected chi connectivity index (χ0v) is 19.3. The van der Waals surface area contributed by atoms with E-state index in [9.17, 15) is 4.39 Å². The average Bonchev–Trinajstić information content (AvgIpc) is 3.38. The second-order valence-corrected chi connectivity index (χ2v) is 8.00. The minimum absolute atomic E-state index is 0.0835. The average molecular weight is 469 g/mol. The van der Waals surface area contributed by atoms with E-state index in [1.165, 1.54) is 6.07 Å². The minimum Gasteiger partial charge on any atom is -0.421 e. The van der Waals surface area contributed by atoms with E-state index in [1.807, 2.05) is 38.1 Å². The molecule has 1 aromatic carbocycles. The number of halogens is 2. The van der Waals surface area contributed by atoms with Crippen molar-refractivity contribution < 1.29 is 13.5 Å². The number of ether oxygens (including phenoxy) is 1. The second-order valence-electron chi connectivity index (χ2n) is 8.00. The first-order chi connectivity index (χ1) is 16.3. The summed E-state index contributed by atoms with van der Waals surface area (Å²) in [5, 5.41) is 13.4. The van der Waals surface area contributed by atoms with Crippen LogP contribution in [0.15, 0.2) is 30.3 Å². The number of rotatable bonds is 9. The van der Waals surface area contributed by atoms with E-state index in [2.05, 4.69) is 35.8 Å². The Morgan fingerprint density at radius 2 is 1.88 bits per heavy atom. The Hall–Kier alpha value is -3.99. The Labute approximate surface area is 195 Å². The van der Waals surface area contributed by atoms with Gasteiger partial charge in [-0.25, -0.2) is 8.78 Å². The summed E-state index contributed by atoms with van der Waals surface area (Å²) in [5.74, 6) is -0.290. The molecule has 0 atom stereocenters. The second kappa shape index (κ2) is 9.87. The van der Waals surface area contributed by atoms with E-state index in [4.69, 9.17) is 4.74 Å². The summed E-state index contributed by atoms with van der Waals surface area (Å²) in [6.45, 7) is 4.99. The van der Waals surface area contributed by atoms with Crippen LogP contribution in [0.5, 0.6) is 11.8 Å². The number of benzene rings is 1. The van der Waals surface area contributed by atoms with Gasteiger partial charge >= 0.3 is 6.01 Å². The first-order valence-corrected chi connectivity index (χ1v) is 10.7. The number of hydrogen-bond acceptors (Lipinski definition) is 7. The molecule has 4 N–H and O–H groups in total. The Morgan fingerprint density at radius 1 is 1.09 bits per heavy atom. The standard InChI is InChI=1S/C23H26F2N8O/c1-5-6-14-10-20(32-31-14)28-19-12-18(26-7-8-33(3)4)29-23(30-19)34-17-11-16(24)22-15(21(17)25)9-13(2)27-22/h5-6,9-12,27H,7-8H2,1-4H3,(H3,26,28,29,30,31,32)/b6-5+. The molecule has 4 aromatic rings. The number of anilines is 3. The van der Waals surface area contributed by atoms with Gasteiger partial charge in [-0.2, -0.15) is 15.1 Å². The third-order valence-electron chi connectivity index (χ3n) is 4.87. The maximum absolute atomic E-state index is 15.0. The van der Waals surface area contributed by atoms with Gasteiger partial charge in [0.2, 0.25) is 0 Å². The first-order valence-electron chi connectivity index (χ1n) is 10.7. The number of aromatic nitrogens is 5. The smallest absolute Gasteiger partial charge is 0.326 e. The lowest BCUT2D eigenvalue weighted by molar-refractivity contribution is 0.410. The monoisotopic (exact) mass is 468 g/mol. The summed E-state index contributed by atoms with van der Waals surface area (Å²) in [5.41, 5.74) is 1.53. The zero-order valence-electron chi connectivity index (χ0n) is 19.3. The number of allylic oxidation sites excluding steroid dienone is 1. The maximum Gasteiger partial charge on any atom is 0.326 e. The van der Waals surface area contributed by atoms with E-state index in [0.29, 0.717) is 29.7 Å². The Balaban J connectivity index is 1.65. The van der Waals surface area contributed by atoms with Crippen LogP contribution in [0.4, 0.5) is 26.2 Å². The molecule has 0 radical (unpaired) electrons. The van der Waals surface area contributed by atoms with E-state index in [-0.39, 0.29) is 22.7 Å². The van der Waals surface area contributed by atoms with Crippen LogP contribution >= 0.6 is 0 Å². The molecular formula is C23H26F2N8O. The van der Waals surface area contributed by atoms with Gasteiger partial charge < -0.3 is 25.3 Å². The molecule has 0 aliphatic heterocycles. The third kappa shape index (κ3) is 5.31. The highest BCUT2D eigenvalue weighted by Crippen LogP contribution is 2.32. The fourth-order valence-corrected chi connectivity index (χ4v) is 3.34. The highest BCUT2D eigenvalue weighted by Gasteiger charge is 2.18. The number of aryl methyl sites for hydroxylation is 1. The van der Waals surface area contributed by atoms with E-state index < -0.39 is 11.6 Å². The van der Waals surface area contributed by atoms with Gasteiger partial charge in [0.15, 0.2) is 23.2 Å². The molecule has 0 fully saturated rings. The van der Waals surface area contributed by atoms with Crippen molar-refractivity contribution in [3.05, 3.63) is 53.4 Å². The van der Waals surface area contributed by atoms with Crippen LogP contribution in [0, 0.1) is 18.6 Å². The Morgan fingerprint density at radius 3 is 2.65 bits per heavy atom. The zero-order chi connectivity index (χ0) is 24.2. The van der Waals surface area contributed by atoms with Gasteiger partial charge in [0, 0.05) is 42.4 Å². The molecule has 9 nitrogen and oxygen atoms in total. The van der Waals surface area contributed by atoms with Gasteiger partial charge in [-0.3, -0.25) is 5.10 Å². The fourth-order valence-electron chi connectivity index (χ4n) is 3.34. The predicted octanol–water partition coefficient (Wildman–Crippen LogP) is 4.81. The van der Waals surface area contributed by atoms with Crippen molar-refractivity contribution in [1.82, 2.24) is 30.0 Å². The summed E-state index contributed by atoms with van der Waals surface area (Å²) in [7, 11) is 3.92. The largest absolute Gasteiger partial charge is 0.421 e. The molecule has 0 aliphatic rings. The maximum atomic E-state index is 15.0. The lowest BCUT2D eigenvalue weighted by atomic mass is 10.2. The van der Waals surface area contributed by atoms with Crippen molar-refractivity contribution in [2.45, 2.75) is 13.8 Å². The molecule has 0 aliphatic carbocycles. The van der Waals surface area contributed by atoms with Crippen LogP contribution in [0.3, 0.4) is 0 Å². The number of nitrogens with zero attached hydrogens (tertiary/aromatic N) is 4. The van der Waals surface area contributed by atoms with E-state index in [1.54, 1.807) is 19.1 Å². The van der Waals surface area contributed by atoms with Crippen LogP contribution in [-0.4, -0.2) is 57.2 Å². The van der Waals surface area contributed by atoms with Crippen LogP contribution in [-0.2, 0) is 0 Å². The number of fused-ring (bicyclic) bond motifs is 1. The molecule has 11 heteroatoms.